The Balaban J connectivity index is 1.22. The molecule has 2 heterocycles. The van der Waals surface area contributed by atoms with Crippen molar-refractivity contribution in [1.82, 2.24) is 9.80 Å². The largest absolute Gasteiger partial charge is 0.444 e. The van der Waals surface area contributed by atoms with Crippen molar-refractivity contribution in [3.8, 4) is 6.07 Å². The van der Waals surface area contributed by atoms with Gasteiger partial charge in [-0.1, -0.05) is 0 Å². The molecule has 3 fully saturated rings. The van der Waals surface area contributed by atoms with Crippen LogP contribution in [0.1, 0.15) is 52.9 Å². The maximum Gasteiger partial charge on any atom is 0.410 e. The number of amides is 1. The van der Waals surface area contributed by atoms with E-state index in [1.54, 1.807) is 4.90 Å². The number of halogens is 1. The lowest BCUT2D eigenvalue weighted by Crippen LogP contribution is -2.51. The van der Waals surface area contributed by atoms with Crippen LogP contribution >= 0.6 is 0 Å². The third-order valence-electron chi connectivity index (χ3n) is 7.25. The molecule has 0 spiro atoms. The van der Waals surface area contributed by atoms with Gasteiger partial charge in [0.05, 0.1) is 11.8 Å². The van der Waals surface area contributed by atoms with Crippen molar-refractivity contribution in [2.45, 2.75) is 64.0 Å². The maximum absolute atomic E-state index is 14.9. The zero-order valence-electron chi connectivity index (χ0n) is 20.8. The Bertz CT molecular complexity index is 905. The van der Waals surface area contributed by atoms with Crippen molar-refractivity contribution in [3.63, 3.8) is 0 Å². The van der Waals surface area contributed by atoms with Crippen LogP contribution in [0.15, 0.2) is 18.2 Å². The zero-order chi connectivity index (χ0) is 24.3. The second-order valence-electron chi connectivity index (χ2n) is 11.0. The summed E-state index contributed by atoms with van der Waals surface area (Å²) in [4.78, 5) is 18.6. The number of carbonyl (C=O) groups is 1. The minimum Gasteiger partial charge on any atom is -0.444 e. The first-order chi connectivity index (χ1) is 16.2. The molecule has 0 unspecified atom stereocenters. The van der Waals surface area contributed by atoms with Gasteiger partial charge in [-0.2, -0.15) is 5.26 Å². The summed E-state index contributed by atoms with van der Waals surface area (Å²) in [7, 11) is 0. The summed E-state index contributed by atoms with van der Waals surface area (Å²) in [5, 5.41) is 12.6. The number of nitrogens with one attached hydrogen (secondary N) is 1. The summed E-state index contributed by atoms with van der Waals surface area (Å²) in [6, 6.07) is 7.61. The molecular formula is C26H38FN5O2. The lowest BCUT2D eigenvalue weighted by Gasteiger charge is -2.39. The lowest BCUT2D eigenvalue weighted by molar-refractivity contribution is 0.0130. The van der Waals surface area contributed by atoms with E-state index in [0.717, 1.165) is 64.8 Å². The number of benzene rings is 1. The number of nitrogens with zero attached hydrogens (tertiary/aromatic N) is 4. The summed E-state index contributed by atoms with van der Waals surface area (Å²) in [6.07, 6.45) is 4.51. The number of nitriles is 1. The molecule has 2 aliphatic heterocycles. The average molecular weight is 472 g/mol. The molecule has 1 amide bonds. The maximum atomic E-state index is 14.9. The Morgan fingerprint density at radius 3 is 2.38 bits per heavy atom. The Hall–Kier alpha value is -2.53. The van der Waals surface area contributed by atoms with Gasteiger partial charge in [0.1, 0.15) is 17.0 Å². The van der Waals surface area contributed by atoms with Crippen LogP contribution in [0.4, 0.5) is 20.6 Å². The van der Waals surface area contributed by atoms with Crippen molar-refractivity contribution in [2.24, 2.45) is 5.92 Å². The number of hydrogen-bond donors (Lipinski definition) is 1. The molecule has 186 valence electrons. The van der Waals surface area contributed by atoms with Crippen LogP contribution in [0.5, 0.6) is 0 Å². The fourth-order valence-electron chi connectivity index (χ4n) is 5.07. The topological polar surface area (TPSA) is 71.8 Å². The molecule has 34 heavy (non-hydrogen) atoms. The second-order valence-corrected chi connectivity index (χ2v) is 11.0. The number of carbonyl (C=O) groups excluding carboxylic acids is 1. The molecule has 3 aliphatic rings. The van der Waals surface area contributed by atoms with Gasteiger partial charge in [0.2, 0.25) is 0 Å². The van der Waals surface area contributed by atoms with Crippen LogP contribution < -0.4 is 10.2 Å². The summed E-state index contributed by atoms with van der Waals surface area (Å²) < 4.78 is 20.4. The number of anilines is 2. The third-order valence-corrected chi connectivity index (χ3v) is 7.25. The minimum atomic E-state index is -0.523. The molecule has 0 radical (unpaired) electrons. The van der Waals surface area contributed by atoms with Crippen LogP contribution in [-0.4, -0.2) is 72.8 Å². The molecule has 8 heteroatoms. The molecule has 1 aromatic rings. The van der Waals surface area contributed by atoms with Gasteiger partial charge in [-0.15, -0.1) is 0 Å². The predicted octanol–water partition coefficient (Wildman–Crippen LogP) is 4.45. The van der Waals surface area contributed by atoms with E-state index in [1.165, 1.54) is 6.07 Å². The minimum absolute atomic E-state index is 0.223. The first kappa shape index (κ1) is 24.6. The molecule has 1 N–H and O–H groups in total. The van der Waals surface area contributed by atoms with Crippen molar-refractivity contribution >= 4 is 17.5 Å². The van der Waals surface area contributed by atoms with E-state index in [4.69, 9.17) is 4.74 Å². The molecular weight excluding hydrogens is 433 g/mol. The summed E-state index contributed by atoms with van der Waals surface area (Å²) >= 11 is 0. The molecule has 0 aromatic heterocycles. The van der Waals surface area contributed by atoms with Gasteiger partial charge in [-0.3, -0.25) is 4.90 Å². The highest BCUT2D eigenvalue weighted by Gasteiger charge is 2.37. The smallest absolute Gasteiger partial charge is 0.410 e. The van der Waals surface area contributed by atoms with Gasteiger partial charge in [-0.05, 0) is 77.0 Å². The molecule has 0 bridgehead atoms. The molecule has 7 nitrogen and oxygen atoms in total. The Morgan fingerprint density at radius 2 is 1.85 bits per heavy atom. The van der Waals surface area contributed by atoms with Crippen LogP contribution in [0.2, 0.25) is 0 Å². The quantitative estimate of drug-likeness (QED) is 0.684. The van der Waals surface area contributed by atoms with Gasteiger partial charge >= 0.3 is 6.09 Å². The van der Waals surface area contributed by atoms with Crippen LogP contribution in [0.25, 0.3) is 0 Å². The van der Waals surface area contributed by atoms with Gasteiger partial charge in [0, 0.05) is 51.5 Å². The number of piperazine rings is 1. The SMILES string of the molecule is CC(C)(C)OC(=O)N1CCN(CC2CCN(c3ccc(NC4(C#N)CCC4)cc3F)CC2)CC1. The van der Waals surface area contributed by atoms with E-state index >= 15 is 0 Å². The number of piperidine rings is 1. The molecule has 1 aromatic carbocycles. The number of hydrogen-bond acceptors (Lipinski definition) is 6. The van der Waals surface area contributed by atoms with Crippen molar-refractivity contribution < 1.29 is 13.9 Å². The fraction of sp³-hybridized carbons (Fsp3) is 0.692. The summed E-state index contributed by atoms with van der Waals surface area (Å²) in [5.74, 6) is 0.358. The molecule has 0 atom stereocenters. The lowest BCUT2D eigenvalue weighted by atomic mass is 9.78. The molecule has 1 saturated carbocycles. The summed E-state index contributed by atoms with van der Waals surface area (Å²) in [6.45, 7) is 11.5. The Labute approximate surface area is 202 Å². The Morgan fingerprint density at radius 1 is 1.18 bits per heavy atom. The van der Waals surface area contributed by atoms with Gasteiger partial charge < -0.3 is 19.9 Å². The van der Waals surface area contributed by atoms with Gasteiger partial charge in [-0.25, -0.2) is 9.18 Å². The summed E-state index contributed by atoms with van der Waals surface area (Å²) in [5.41, 5.74) is 0.343. The fourth-order valence-corrected chi connectivity index (χ4v) is 5.07. The van der Waals surface area contributed by atoms with Crippen molar-refractivity contribution in [3.05, 3.63) is 24.0 Å². The van der Waals surface area contributed by atoms with E-state index in [9.17, 15) is 14.4 Å². The highest BCUT2D eigenvalue weighted by atomic mass is 19.1. The standard InChI is InChI=1S/C26H38FN5O2/c1-25(2,3)34-24(33)32-15-13-30(14-16-32)18-20-7-11-31(12-8-20)23-6-5-21(17-22(23)27)29-26(19-28)9-4-10-26/h5-6,17,20,29H,4,7-16,18H2,1-3H3. The van der Waals surface area contributed by atoms with E-state index in [2.05, 4.69) is 21.2 Å². The van der Waals surface area contributed by atoms with Crippen LogP contribution in [-0.2, 0) is 4.74 Å². The van der Waals surface area contributed by atoms with Crippen LogP contribution in [0, 0.1) is 23.1 Å². The zero-order valence-corrected chi connectivity index (χ0v) is 20.8. The molecule has 2 saturated heterocycles. The van der Waals surface area contributed by atoms with Crippen LogP contribution in [0.3, 0.4) is 0 Å². The van der Waals surface area contributed by atoms with E-state index < -0.39 is 11.1 Å². The average Bonchev–Trinajstić information content (AvgIpc) is 2.76. The second kappa shape index (κ2) is 9.99. The number of ether oxygens (including phenoxy) is 1. The molecule has 1 aliphatic carbocycles. The van der Waals surface area contributed by atoms with Crippen molar-refractivity contribution in [2.75, 3.05) is 56.0 Å². The third kappa shape index (κ3) is 5.93. The van der Waals surface area contributed by atoms with Gasteiger partial charge in [0.15, 0.2) is 0 Å². The van der Waals surface area contributed by atoms with Crippen molar-refractivity contribution in [1.29, 1.82) is 5.26 Å². The van der Waals surface area contributed by atoms with E-state index in [1.807, 2.05) is 32.9 Å². The normalized spacial score (nSPS) is 21.5. The first-order valence-corrected chi connectivity index (χ1v) is 12.6. The predicted molar refractivity (Wildman–Crippen MR) is 131 cm³/mol. The first-order valence-electron chi connectivity index (χ1n) is 12.6. The molecule has 4 rings (SSSR count). The van der Waals surface area contributed by atoms with E-state index in [-0.39, 0.29) is 11.9 Å². The monoisotopic (exact) mass is 471 g/mol. The van der Waals surface area contributed by atoms with E-state index in [0.29, 0.717) is 30.4 Å². The highest BCUT2D eigenvalue weighted by molar-refractivity contribution is 5.68. The number of rotatable bonds is 5. The highest BCUT2D eigenvalue weighted by Crippen LogP contribution is 2.36. The van der Waals surface area contributed by atoms with Gasteiger partial charge in [0.25, 0.3) is 0 Å². The Kier molecular flexibility index (Phi) is 7.22.